The standard InChI is InChI=1S/C11H16BrNO2/c1-13(2)5-6-15-10-3-4-11(12)9(7-10)8-14/h3-4,7,14H,5-6,8H2,1-2H3. The van der Waals surface area contributed by atoms with E-state index in [-0.39, 0.29) is 6.61 Å². The van der Waals surface area contributed by atoms with Crippen molar-refractivity contribution in [3.8, 4) is 5.75 Å². The zero-order chi connectivity index (χ0) is 11.3. The minimum atomic E-state index is 0.0193. The molecule has 0 radical (unpaired) electrons. The number of ether oxygens (including phenoxy) is 1. The van der Waals surface area contributed by atoms with Crippen LogP contribution in [0.5, 0.6) is 5.75 Å². The Morgan fingerprint density at radius 1 is 1.40 bits per heavy atom. The minimum Gasteiger partial charge on any atom is -0.492 e. The van der Waals surface area contributed by atoms with Gasteiger partial charge in [-0.05, 0) is 37.9 Å². The molecular weight excluding hydrogens is 258 g/mol. The summed E-state index contributed by atoms with van der Waals surface area (Å²) in [6.45, 7) is 1.55. The minimum absolute atomic E-state index is 0.0193. The quantitative estimate of drug-likeness (QED) is 0.890. The zero-order valence-corrected chi connectivity index (χ0v) is 10.6. The van der Waals surface area contributed by atoms with Gasteiger partial charge in [-0.25, -0.2) is 0 Å². The van der Waals surface area contributed by atoms with Crippen LogP contribution in [0.25, 0.3) is 0 Å². The van der Waals surface area contributed by atoms with E-state index in [9.17, 15) is 0 Å². The summed E-state index contributed by atoms with van der Waals surface area (Å²) >= 11 is 3.36. The van der Waals surface area contributed by atoms with Gasteiger partial charge in [0.05, 0.1) is 6.61 Å². The Hall–Kier alpha value is -0.580. The highest BCUT2D eigenvalue weighted by molar-refractivity contribution is 9.10. The molecular formula is C11H16BrNO2. The lowest BCUT2D eigenvalue weighted by Gasteiger charge is -2.11. The summed E-state index contributed by atoms with van der Waals surface area (Å²) in [5.74, 6) is 0.795. The maximum absolute atomic E-state index is 9.06. The van der Waals surface area contributed by atoms with Crippen molar-refractivity contribution in [3.63, 3.8) is 0 Å². The van der Waals surface area contributed by atoms with Gasteiger partial charge in [0.2, 0.25) is 0 Å². The summed E-state index contributed by atoms with van der Waals surface area (Å²) in [5.41, 5.74) is 0.845. The summed E-state index contributed by atoms with van der Waals surface area (Å²) in [4.78, 5) is 2.06. The molecule has 0 fully saturated rings. The van der Waals surface area contributed by atoms with E-state index in [2.05, 4.69) is 20.8 Å². The summed E-state index contributed by atoms with van der Waals surface area (Å²) in [5, 5.41) is 9.06. The molecule has 1 aromatic carbocycles. The fraction of sp³-hybridized carbons (Fsp3) is 0.455. The molecule has 0 aliphatic heterocycles. The van der Waals surface area contributed by atoms with Gasteiger partial charge >= 0.3 is 0 Å². The van der Waals surface area contributed by atoms with Gasteiger partial charge in [-0.1, -0.05) is 15.9 Å². The average Bonchev–Trinajstić information content (AvgIpc) is 2.20. The molecule has 0 saturated carbocycles. The largest absolute Gasteiger partial charge is 0.492 e. The third-order valence-corrected chi connectivity index (χ3v) is 2.77. The van der Waals surface area contributed by atoms with E-state index in [4.69, 9.17) is 9.84 Å². The third kappa shape index (κ3) is 4.20. The van der Waals surface area contributed by atoms with E-state index in [0.29, 0.717) is 6.61 Å². The van der Waals surface area contributed by atoms with Crippen molar-refractivity contribution in [2.45, 2.75) is 6.61 Å². The Bertz CT molecular complexity index is 315. The molecule has 15 heavy (non-hydrogen) atoms. The first kappa shape index (κ1) is 12.5. The predicted octanol–water partition coefficient (Wildman–Crippen LogP) is 1.88. The molecule has 0 atom stereocenters. The van der Waals surface area contributed by atoms with Crippen molar-refractivity contribution in [1.29, 1.82) is 0 Å². The number of halogens is 1. The number of hydrogen-bond donors (Lipinski definition) is 1. The number of hydrogen-bond acceptors (Lipinski definition) is 3. The Morgan fingerprint density at radius 2 is 2.13 bits per heavy atom. The molecule has 0 unspecified atom stereocenters. The Balaban J connectivity index is 2.54. The molecule has 84 valence electrons. The van der Waals surface area contributed by atoms with Gasteiger partial charge in [0.15, 0.2) is 0 Å². The first-order valence-electron chi connectivity index (χ1n) is 4.80. The predicted molar refractivity (Wildman–Crippen MR) is 64.1 cm³/mol. The van der Waals surface area contributed by atoms with Crippen LogP contribution in [-0.2, 0) is 6.61 Å². The van der Waals surface area contributed by atoms with Crippen LogP contribution in [0.15, 0.2) is 22.7 Å². The maximum Gasteiger partial charge on any atom is 0.119 e. The number of benzene rings is 1. The number of aliphatic hydroxyl groups is 1. The zero-order valence-electron chi connectivity index (χ0n) is 9.03. The highest BCUT2D eigenvalue weighted by atomic mass is 79.9. The SMILES string of the molecule is CN(C)CCOc1ccc(Br)c(CO)c1. The lowest BCUT2D eigenvalue weighted by atomic mass is 10.2. The van der Waals surface area contributed by atoms with E-state index in [1.807, 2.05) is 32.3 Å². The summed E-state index contributed by atoms with van der Waals surface area (Å²) in [7, 11) is 4.01. The molecule has 1 aromatic rings. The number of rotatable bonds is 5. The number of aliphatic hydroxyl groups excluding tert-OH is 1. The van der Waals surface area contributed by atoms with Crippen molar-refractivity contribution < 1.29 is 9.84 Å². The highest BCUT2D eigenvalue weighted by Gasteiger charge is 2.01. The van der Waals surface area contributed by atoms with Crippen molar-refractivity contribution in [2.24, 2.45) is 0 Å². The van der Waals surface area contributed by atoms with Crippen molar-refractivity contribution in [3.05, 3.63) is 28.2 Å². The molecule has 0 saturated heterocycles. The van der Waals surface area contributed by atoms with E-state index in [0.717, 1.165) is 22.3 Å². The normalized spacial score (nSPS) is 10.7. The van der Waals surface area contributed by atoms with E-state index in [1.54, 1.807) is 0 Å². The van der Waals surface area contributed by atoms with Gasteiger partial charge in [-0.15, -0.1) is 0 Å². The summed E-state index contributed by atoms with van der Waals surface area (Å²) in [6, 6.07) is 5.62. The summed E-state index contributed by atoms with van der Waals surface area (Å²) in [6.07, 6.45) is 0. The maximum atomic E-state index is 9.06. The monoisotopic (exact) mass is 273 g/mol. The van der Waals surface area contributed by atoms with Crippen LogP contribution in [0.2, 0.25) is 0 Å². The van der Waals surface area contributed by atoms with Crippen molar-refractivity contribution in [2.75, 3.05) is 27.2 Å². The van der Waals surface area contributed by atoms with Gasteiger partial charge in [-0.2, -0.15) is 0 Å². The van der Waals surface area contributed by atoms with Gasteiger partial charge in [-0.3, -0.25) is 0 Å². The number of nitrogens with zero attached hydrogens (tertiary/aromatic N) is 1. The molecule has 0 amide bonds. The van der Waals surface area contributed by atoms with Gasteiger partial charge in [0.1, 0.15) is 12.4 Å². The first-order chi connectivity index (χ1) is 7.13. The van der Waals surface area contributed by atoms with Crippen LogP contribution in [0.3, 0.4) is 0 Å². The van der Waals surface area contributed by atoms with Crippen LogP contribution in [0, 0.1) is 0 Å². The number of likely N-dealkylation sites (N-methyl/N-ethyl adjacent to an activating group) is 1. The second-order valence-electron chi connectivity index (χ2n) is 3.56. The molecule has 3 nitrogen and oxygen atoms in total. The molecule has 0 heterocycles. The Labute approximate surface area is 98.8 Å². The average molecular weight is 274 g/mol. The first-order valence-corrected chi connectivity index (χ1v) is 5.59. The second-order valence-corrected chi connectivity index (χ2v) is 4.42. The smallest absolute Gasteiger partial charge is 0.119 e. The molecule has 0 aromatic heterocycles. The molecule has 0 bridgehead atoms. The van der Waals surface area contributed by atoms with E-state index >= 15 is 0 Å². The Morgan fingerprint density at radius 3 is 2.73 bits per heavy atom. The van der Waals surface area contributed by atoms with Crippen molar-refractivity contribution in [1.82, 2.24) is 4.90 Å². The lowest BCUT2D eigenvalue weighted by molar-refractivity contribution is 0.258. The molecule has 0 spiro atoms. The van der Waals surface area contributed by atoms with Crippen LogP contribution in [-0.4, -0.2) is 37.3 Å². The summed E-state index contributed by atoms with van der Waals surface area (Å²) < 4.78 is 6.45. The molecule has 1 rings (SSSR count). The van der Waals surface area contributed by atoms with E-state index in [1.165, 1.54) is 0 Å². The van der Waals surface area contributed by atoms with Crippen molar-refractivity contribution >= 4 is 15.9 Å². The van der Waals surface area contributed by atoms with Gasteiger partial charge in [0, 0.05) is 11.0 Å². The lowest BCUT2D eigenvalue weighted by Crippen LogP contribution is -2.19. The molecule has 4 heteroatoms. The third-order valence-electron chi connectivity index (χ3n) is 1.99. The molecule has 0 aliphatic rings. The van der Waals surface area contributed by atoms with Crippen LogP contribution in [0.4, 0.5) is 0 Å². The highest BCUT2D eigenvalue weighted by Crippen LogP contribution is 2.22. The van der Waals surface area contributed by atoms with Crippen LogP contribution >= 0.6 is 15.9 Å². The van der Waals surface area contributed by atoms with E-state index < -0.39 is 0 Å². The molecule has 0 aliphatic carbocycles. The van der Waals surface area contributed by atoms with Gasteiger partial charge < -0.3 is 14.7 Å². The fourth-order valence-corrected chi connectivity index (χ4v) is 1.48. The van der Waals surface area contributed by atoms with Gasteiger partial charge in [0.25, 0.3) is 0 Å². The van der Waals surface area contributed by atoms with Crippen LogP contribution in [0.1, 0.15) is 5.56 Å². The second kappa shape index (κ2) is 6.10. The topological polar surface area (TPSA) is 32.7 Å². The Kier molecular flexibility index (Phi) is 5.08. The molecule has 1 N–H and O–H groups in total. The fourth-order valence-electron chi connectivity index (χ4n) is 1.11. The van der Waals surface area contributed by atoms with Crippen LogP contribution < -0.4 is 4.74 Å².